The molecular weight excluding hydrogens is 246 g/mol. The van der Waals surface area contributed by atoms with E-state index in [4.69, 9.17) is 16.3 Å². The third-order valence-corrected chi connectivity index (χ3v) is 2.69. The number of esters is 1. The Labute approximate surface area is 103 Å². The standard InChI is InChI=1S/C11H12ClNO4/c1-3-17-9(14)6-8-5-4-7(2)10(12)11(8)13(15)16/h4-5H,3,6H2,1-2H3. The molecule has 92 valence electrons. The molecular formula is C11H12ClNO4. The van der Waals surface area contributed by atoms with Crippen molar-refractivity contribution in [3.05, 3.63) is 38.4 Å². The van der Waals surface area contributed by atoms with Gasteiger partial charge in [-0.25, -0.2) is 0 Å². The predicted octanol–water partition coefficient (Wildman–Crippen LogP) is 2.66. The van der Waals surface area contributed by atoms with E-state index in [1.165, 1.54) is 6.07 Å². The lowest BCUT2D eigenvalue weighted by Gasteiger charge is -2.06. The number of ether oxygens (including phenoxy) is 1. The first kappa shape index (κ1) is 13.4. The van der Waals surface area contributed by atoms with Crippen LogP contribution in [0.25, 0.3) is 0 Å². The van der Waals surface area contributed by atoms with E-state index in [1.807, 2.05) is 0 Å². The zero-order valence-electron chi connectivity index (χ0n) is 9.53. The molecule has 0 atom stereocenters. The summed E-state index contributed by atoms with van der Waals surface area (Å²) >= 11 is 5.86. The van der Waals surface area contributed by atoms with Gasteiger partial charge in [0.1, 0.15) is 5.02 Å². The smallest absolute Gasteiger partial charge is 0.310 e. The second-order valence-electron chi connectivity index (χ2n) is 3.44. The van der Waals surface area contributed by atoms with E-state index in [0.29, 0.717) is 5.56 Å². The second kappa shape index (κ2) is 5.63. The summed E-state index contributed by atoms with van der Waals surface area (Å²) in [4.78, 5) is 21.6. The fourth-order valence-corrected chi connectivity index (χ4v) is 1.67. The number of hydrogen-bond acceptors (Lipinski definition) is 4. The Hall–Kier alpha value is -1.62. The van der Waals surface area contributed by atoms with E-state index in [0.717, 1.165) is 0 Å². The quantitative estimate of drug-likeness (QED) is 0.472. The molecule has 1 rings (SSSR count). The van der Waals surface area contributed by atoms with Crippen LogP contribution in [0.3, 0.4) is 0 Å². The summed E-state index contributed by atoms with van der Waals surface area (Å²) in [6.45, 7) is 3.59. The van der Waals surface area contributed by atoms with Gasteiger partial charge in [0.2, 0.25) is 0 Å². The van der Waals surface area contributed by atoms with Gasteiger partial charge in [0.15, 0.2) is 0 Å². The minimum absolute atomic E-state index is 0.0665. The topological polar surface area (TPSA) is 69.4 Å². The average Bonchev–Trinajstić information content (AvgIpc) is 2.23. The first-order chi connectivity index (χ1) is 7.97. The van der Waals surface area contributed by atoms with Crippen LogP contribution in [0.2, 0.25) is 5.02 Å². The second-order valence-corrected chi connectivity index (χ2v) is 3.82. The van der Waals surface area contributed by atoms with E-state index in [-0.39, 0.29) is 29.3 Å². The molecule has 0 saturated carbocycles. The van der Waals surface area contributed by atoms with Crippen molar-refractivity contribution in [1.82, 2.24) is 0 Å². The van der Waals surface area contributed by atoms with Crippen LogP contribution in [0.1, 0.15) is 18.1 Å². The molecule has 6 heteroatoms. The Balaban J connectivity index is 3.11. The first-order valence-electron chi connectivity index (χ1n) is 5.05. The number of nitro groups is 1. The highest BCUT2D eigenvalue weighted by Gasteiger charge is 2.22. The van der Waals surface area contributed by atoms with E-state index in [2.05, 4.69) is 0 Å². The van der Waals surface area contributed by atoms with Gasteiger partial charge in [-0.05, 0) is 19.4 Å². The minimum atomic E-state index is -0.579. The number of carbonyl (C=O) groups is 1. The maximum atomic E-state index is 11.3. The zero-order chi connectivity index (χ0) is 13.0. The maximum absolute atomic E-state index is 11.3. The Bertz CT molecular complexity index is 459. The Kier molecular flexibility index (Phi) is 4.45. The molecule has 0 aliphatic carbocycles. The SMILES string of the molecule is CCOC(=O)Cc1ccc(C)c(Cl)c1[N+](=O)[O-]. The van der Waals surface area contributed by atoms with Crippen molar-refractivity contribution in [2.45, 2.75) is 20.3 Å². The fraction of sp³-hybridized carbons (Fsp3) is 0.364. The molecule has 0 bridgehead atoms. The number of benzene rings is 1. The summed E-state index contributed by atoms with van der Waals surface area (Å²) in [6, 6.07) is 3.17. The third-order valence-electron chi connectivity index (χ3n) is 2.22. The summed E-state index contributed by atoms with van der Waals surface area (Å²) < 4.78 is 4.75. The Morgan fingerprint density at radius 2 is 2.18 bits per heavy atom. The van der Waals surface area contributed by atoms with Gasteiger partial charge in [0.25, 0.3) is 5.69 Å². The van der Waals surface area contributed by atoms with Crippen LogP contribution in [0.4, 0.5) is 5.69 Å². The minimum Gasteiger partial charge on any atom is -0.466 e. The van der Waals surface area contributed by atoms with E-state index in [1.54, 1.807) is 19.9 Å². The maximum Gasteiger partial charge on any atom is 0.310 e. The van der Waals surface area contributed by atoms with E-state index in [9.17, 15) is 14.9 Å². The highest BCUT2D eigenvalue weighted by molar-refractivity contribution is 6.33. The van der Waals surface area contributed by atoms with Crippen molar-refractivity contribution < 1.29 is 14.5 Å². The molecule has 0 spiro atoms. The van der Waals surface area contributed by atoms with Crippen LogP contribution < -0.4 is 0 Å². The number of halogens is 1. The number of carbonyl (C=O) groups excluding carboxylic acids is 1. The van der Waals surface area contributed by atoms with Crippen LogP contribution in [-0.2, 0) is 16.0 Å². The normalized spacial score (nSPS) is 10.1. The molecule has 17 heavy (non-hydrogen) atoms. The number of nitro benzene ring substituents is 1. The molecule has 1 aromatic carbocycles. The molecule has 0 radical (unpaired) electrons. The fourth-order valence-electron chi connectivity index (χ4n) is 1.41. The average molecular weight is 258 g/mol. The van der Waals surface area contributed by atoms with Crippen LogP contribution >= 0.6 is 11.6 Å². The van der Waals surface area contributed by atoms with Crippen LogP contribution in [-0.4, -0.2) is 17.5 Å². The number of hydrogen-bond donors (Lipinski definition) is 0. The van der Waals surface area contributed by atoms with Crippen molar-refractivity contribution in [1.29, 1.82) is 0 Å². The summed E-state index contributed by atoms with van der Waals surface area (Å²) in [6.07, 6.45) is -0.149. The molecule has 0 heterocycles. The third kappa shape index (κ3) is 3.17. The molecule has 0 aliphatic rings. The lowest BCUT2D eigenvalue weighted by molar-refractivity contribution is -0.385. The van der Waals surface area contributed by atoms with Gasteiger partial charge in [-0.15, -0.1) is 0 Å². The summed E-state index contributed by atoms with van der Waals surface area (Å²) in [5, 5.41) is 11.0. The summed E-state index contributed by atoms with van der Waals surface area (Å²) in [7, 11) is 0. The van der Waals surface area contributed by atoms with Crippen molar-refractivity contribution in [3.63, 3.8) is 0 Å². The van der Waals surface area contributed by atoms with Gasteiger partial charge < -0.3 is 4.74 Å². The number of rotatable bonds is 4. The van der Waals surface area contributed by atoms with Gasteiger partial charge in [0, 0.05) is 5.56 Å². The van der Waals surface area contributed by atoms with Crippen LogP contribution in [0, 0.1) is 17.0 Å². The predicted molar refractivity (Wildman–Crippen MR) is 63.2 cm³/mol. The molecule has 5 nitrogen and oxygen atoms in total. The van der Waals surface area contributed by atoms with Crippen molar-refractivity contribution in [3.8, 4) is 0 Å². The monoisotopic (exact) mass is 257 g/mol. The number of nitrogens with zero attached hydrogens (tertiary/aromatic N) is 1. The van der Waals surface area contributed by atoms with E-state index < -0.39 is 10.9 Å². The summed E-state index contributed by atoms with van der Waals surface area (Å²) in [5.41, 5.74) is 0.648. The van der Waals surface area contributed by atoms with Gasteiger partial charge in [-0.2, -0.15) is 0 Å². The molecule has 0 N–H and O–H groups in total. The van der Waals surface area contributed by atoms with Crippen LogP contribution in [0.15, 0.2) is 12.1 Å². The van der Waals surface area contributed by atoms with Gasteiger partial charge in [-0.3, -0.25) is 14.9 Å². The highest BCUT2D eigenvalue weighted by Crippen LogP contribution is 2.31. The lowest BCUT2D eigenvalue weighted by atomic mass is 10.1. The molecule has 1 aromatic rings. The number of aryl methyl sites for hydroxylation is 1. The molecule has 0 aromatic heterocycles. The molecule has 0 aliphatic heterocycles. The zero-order valence-corrected chi connectivity index (χ0v) is 10.3. The highest BCUT2D eigenvalue weighted by atomic mass is 35.5. The van der Waals surface area contributed by atoms with Crippen LogP contribution in [0.5, 0.6) is 0 Å². The summed E-state index contributed by atoms with van der Waals surface area (Å²) in [5.74, 6) is -0.504. The molecule has 0 unspecified atom stereocenters. The van der Waals surface area contributed by atoms with Crippen molar-refractivity contribution >= 4 is 23.3 Å². The van der Waals surface area contributed by atoms with Gasteiger partial charge in [0.05, 0.1) is 18.0 Å². The largest absolute Gasteiger partial charge is 0.466 e. The first-order valence-corrected chi connectivity index (χ1v) is 5.43. The Morgan fingerprint density at radius 3 is 2.71 bits per heavy atom. The molecule has 0 amide bonds. The van der Waals surface area contributed by atoms with Crippen molar-refractivity contribution in [2.75, 3.05) is 6.61 Å². The lowest BCUT2D eigenvalue weighted by Crippen LogP contribution is -2.09. The molecule has 0 fully saturated rings. The van der Waals surface area contributed by atoms with Crippen molar-refractivity contribution in [2.24, 2.45) is 0 Å². The van der Waals surface area contributed by atoms with Gasteiger partial charge >= 0.3 is 5.97 Å². The Morgan fingerprint density at radius 1 is 1.53 bits per heavy atom. The van der Waals surface area contributed by atoms with Gasteiger partial charge in [-0.1, -0.05) is 23.7 Å². The van der Waals surface area contributed by atoms with E-state index >= 15 is 0 Å². The molecule has 0 saturated heterocycles.